The molecule has 2 saturated carbocycles. The van der Waals surface area contributed by atoms with Crippen molar-refractivity contribution < 1.29 is 9.53 Å². The maximum absolute atomic E-state index is 13.2. The molecular formula is C26H32N6O2. The largest absolute Gasteiger partial charge is 0.384 e. The van der Waals surface area contributed by atoms with Gasteiger partial charge >= 0.3 is 0 Å². The molecule has 3 heterocycles. The van der Waals surface area contributed by atoms with Crippen LogP contribution in [0.1, 0.15) is 42.5 Å². The second kappa shape index (κ2) is 9.00. The molecule has 2 aromatic heterocycles. The highest BCUT2D eigenvalue weighted by Crippen LogP contribution is 2.47. The Morgan fingerprint density at radius 3 is 2.68 bits per heavy atom. The fourth-order valence-corrected chi connectivity index (χ4v) is 5.84. The van der Waals surface area contributed by atoms with Crippen molar-refractivity contribution in [3.63, 3.8) is 0 Å². The zero-order valence-corrected chi connectivity index (χ0v) is 19.5. The minimum atomic E-state index is -0.0232. The maximum Gasteiger partial charge on any atom is 0.254 e. The van der Waals surface area contributed by atoms with Crippen molar-refractivity contribution in [1.82, 2.24) is 25.2 Å². The van der Waals surface area contributed by atoms with Gasteiger partial charge in [0.05, 0.1) is 24.3 Å². The van der Waals surface area contributed by atoms with Gasteiger partial charge in [-0.15, -0.1) is 0 Å². The predicted octanol–water partition coefficient (Wildman–Crippen LogP) is 3.43. The summed E-state index contributed by atoms with van der Waals surface area (Å²) in [5.41, 5.74) is 3.93. The fourth-order valence-electron chi connectivity index (χ4n) is 5.84. The lowest BCUT2D eigenvalue weighted by atomic mass is 9.93. The van der Waals surface area contributed by atoms with E-state index in [0.717, 1.165) is 81.6 Å². The highest BCUT2D eigenvalue weighted by atomic mass is 16.5. The Hall–Kier alpha value is -2.97. The Labute approximate surface area is 199 Å². The maximum atomic E-state index is 13.2. The lowest BCUT2D eigenvalue weighted by Crippen LogP contribution is -2.45. The molecule has 0 unspecified atom stereocenters. The van der Waals surface area contributed by atoms with Gasteiger partial charge in [-0.2, -0.15) is 0 Å². The van der Waals surface area contributed by atoms with Crippen molar-refractivity contribution in [3.05, 3.63) is 42.1 Å². The third-order valence-corrected chi connectivity index (χ3v) is 7.78. The van der Waals surface area contributed by atoms with E-state index >= 15 is 0 Å². The molecule has 3 aliphatic rings. The van der Waals surface area contributed by atoms with Gasteiger partial charge in [0, 0.05) is 49.2 Å². The van der Waals surface area contributed by atoms with Gasteiger partial charge in [-0.25, -0.2) is 9.97 Å². The average Bonchev–Trinajstić information content (AvgIpc) is 3.59. The minimum absolute atomic E-state index is 0.00912. The van der Waals surface area contributed by atoms with E-state index in [9.17, 15) is 4.79 Å². The van der Waals surface area contributed by atoms with Crippen molar-refractivity contribution >= 4 is 22.8 Å². The van der Waals surface area contributed by atoms with Gasteiger partial charge in [-0.05, 0) is 68.4 Å². The summed E-state index contributed by atoms with van der Waals surface area (Å²) < 4.78 is 5.40. The molecule has 8 heteroatoms. The second-order valence-corrected chi connectivity index (χ2v) is 9.98. The van der Waals surface area contributed by atoms with Crippen molar-refractivity contribution in [2.75, 3.05) is 44.7 Å². The van der Waals surface area contributed by atoms with Crippen molar-refractivity contribution in [3.8, 4) is 11.4 Å². The molecule has 0 radical (unpaired) electrons. The summed E-state index contributed by atoms with van der Waals surface area (Å²) in [6, 6.07) is 10.0. The molecule has 3 aromatic rings. The number of rotatable bonds is 7. The Morgan fingerprint density at radius 1 is 1.15 bits per heavy atom. The Bertz CT molecular complexity index is 1160. The molecule has 1 saturated heterocycles. The summed E-state index contributed by atoms with van der Waals surface area (Å²) in [6.45, 7) is 5.56. The number of ether oxygens (including phenoxy) is 1. The number of nitrogens with zero attached hydrogens (tertiary/aromatic N) is 3. The first-order chi connectivity index (χ1) is 16.7. The number of aromatic amines is 1. The van der Waals surface area contributed by atoms with Gasteiger partial charge in [0.15, 0.2) is 5.65 Å². The van der Waals surface area contributed by atoms with Gasteiger partial charge < -0.3 is 20.4 Å². The summed E-state index contributed by atoms with van der Waals surface area (Å²) in [6.07, 6.45) is 7.45. The third-order valence-electron chi connectivity index (χ3n) is 7.78. The highest BCUT2D eigenvalue weighted by Gasteiger charge is 2.45. The molecular weight excluding hydrogens is 428 g/mol. The molecule has 178 valence electrons. The number of pyridine rings is 1. The van der Waals surface area contributed by atoms with Crippen LogP contribution < -0.4 is 10.6 Å². The first kappa shape index (κ1) is 21.6. The molecule has 3 N–H and O–H groups in total. The van der Waals surface area contributed by atoms with Gasteiger partial charge in [0.25, 0.3) is 5.91 Å². The van der Waals surface area contributed by atoms with E-state index in [-0.39, 0.29) is 11.4 Å². The first-order valence-electron chi connectivity index (χ1n) is 12.5. The number of anilines is 1. The van der Waals surface area contributed by atoms with Gasteiger partial charge in [0.2, 0.25) is 0 Å². The van der Waals surface area contributed by atoms with Gasteiger partial charge in [-0.1, -0.05) is 0 Å². The molecule has 2 aliphatic carbocycles. The topological polar surface area (TPSA) is 95.2 Å². The number of hydrogen-bond acceptors (Lipinski definition) is 6. The first-order valence-corrected chi connectivity index (χ1v) is 12.5. The van der Waals surface area contributed by atoms with E-state index in [4.69, 9.17) is 4.74 Å². The number of aromatic nitrogens is 3. The van der Waals surface area contributed by atoms with Crippen LogP contribution in [-0.2, 0) is 4.74 Å². The molecule has 34 heavy (non-hydrogen) atoms. The number of morpholine rings is 1. The number of fused-ring (bicyclic) bond motifs is 3. The second-order valence-electron chi connectivity index (χ2n) is 9.98. The summed E-state index contributed by atoms with van der Waals surface area (Å²) in [5, 5.41) is 6.85. The van der Waals surface area contributed by atoms with Gasteiger partial charge in [0.1, 0.15) is 5.82 Å². The molecule has 1 aromatic carbocycles. The number of carbonyl (C=O) groups is 1. The average molecular weight is 461 g/mol. The summed E-state index contributed by atoms with van der Waals surface area (Å²) >= 11 is 0. The Morgan fingerprint density at radius 2 is 1.94 bits per heavy atom. The van der Waals surface area contributed by atoms with Crippen LogP contribution >= 0.6 is 0 Å². The lowest BCUT2D eigenvalue weighted by molar-refractivity contribution is 0.0398. The quantitative estimate of drug-likeness (QED) is 0.500. The molecule has 8 nitrogen and oxygen atoms in total. The van der Waals surface area contributed by atoms with Crippen LogP contribution in [0, 0.1) is 5.92 Å². The number of H-pyrrole nitrogens is 1. The van der Waals surface area contributed by atoms with E-state index in [1.807, 2.05) is 12.1 Å². The van der Waals surface area contributed by atoms with Crippen LogP contribution in [0.2, 0.25) is 0 Å². The fraction of sp³-hybridized carbons (Fsp3) is 0.500. The standard InChI is InChI=1S/C26H32N6O2/c33-25(31-26-8-5-18(17-26)6-9-26)21-7-10-28-24-22(21)29-23(30-24)19-1-3-20(4-2-19)27-11-12-32-13-15-34-16-14-32/h1-4,7,10,18,27H,5-6,8-9,11-17H2,(H,31,33)(H,28,29,30). The zero-order valence-electron chi connectivity index (χ0n) is 19.5. The van der Waals surface area contributed by atoms with E-state index in [2.05, 4.69) is 42.6 Å². The van der Waals surface area contributed by atoms with Crippen molar-refractivity contribution in [2.45, 2.75) is 37.6 Å². The van der Waals surface area contributed by atoms with Crippen LogP contribution in [0.5, 0.6) is 0 Å². The predicted molar refractivity (Wildman–Crippen MR) is 132 cm³/mol. The smallest absolute Gasteiger partial charge is 0.254 e. The summed E-state index contributed by atoms with van der Waals surface area (Å²) in [4.78, 5) is 28.0. The van der Waals surface area contributed by atoms with E-state index in [1.54, 1.807) is 12.3 Å². The number of nitrogens with one attached hydrogen (secondary N) is 3. The normalized spacial score (nSPS) is 24.5. The molecule has 6 rings (SSSR count). The summed E-state index contributed by atoms with van der Waals surface area (Å²) in [5.74, 6) is 1.49. The van der Waals surface area contributed by atoms with Crippen molar-refractivity contribution in [1.29, 1.82) is 0 Å². The van der Waals surface area contributed by atoms with Crippen LogP contribution in [0.3, 0.4) is 0 Å². The monoisotopic (exact) mass is 460 g/mol. The number of hydrogen-bond donors (Lipinski definition) is 3. The molecule has 0 spiro atoms. The minimum Gasteiger partial charge on any atom is -0.384 e. The zero-order chi connectivity index (χ0) is 23.0. The van der Waals surface area contributed by atoms with Crippen molar-refractivity contribution in [2.24, 2.45) is 5.92 Å². The van der Waals surface area contributed by atoms with E-state index in [0.29, 0.717) is 16.7 Å². The lowest BCUT2D eigenvalue weighted by Gasteiger charge is -2.28. The van der Waals surface area contributed by atoms with E-state index < -0.39 is 0 Å². The molecule has 3 fully saturated rings. The Kier molecular flexibility index (Phi) is 5.71. The van der Waals surface area contributed by atoms with Gasteiger partial charge in [-0.3, -0.25) is 9.69 Å². The summed E-state index contributed by atoms with van der Waals surface area (Å²) in [7, 11) is 0. The number of carbonyl (C=O) groups excluding carboxylic acids is 1. The van der Waals surface area contributed by atoms with Crippen LogP contribution in [0.25, 0.3) is 22.6 Å². The van der Waals surface area contributed by atoms with Crippen LogP contribution in [0.15, 0.2) is 36.5 Å². The number of imidazole rings is 1. The number of benzene rings is 1. The Balaban J connectivity index is 1.14. The third kappa shape index (κ3) is 4.28. The molecule has 1 aliphatic heterocycles. The molecule has 0 atom stereocenters. The highest BCUT2D eigenvalue weighted by molar-refractivity contribution is 6.04. The molecule has 2 bridgehead atoms. The number of amides is 1. The SMILES string of the molecule is O=C(NC12CCC(CC1)C2)c1ccnc2nc(-c3ccc(NCCN4CCOCC4)cc3)[nH]c12. The van der Waals surface area contributed by atoms with E-state index in [1.165, 1.54) is 12.8 Å². The van der Waals surface area contributed by atoms with Crippen LogP contribution in [0.4, 0.5) is 5.69 Å². The molecule has 1 amide bonds. The van der Waals surface area contributed by atoms with Crippen LogP contribution in [-0.4, -0.2) is 70.7 Å².